The number of para-hydroxylation sites is 1. The number of allylic oxidation sites excluding steroid dienone is 7. The first kappa shape index (κ1) is 22.9. The van der Waals surface area contributed by atoms with Crippen molar-refractivity contribution in [3.05, 3.63) is 155 Å². The molecule has 1 aliphatic carbocycles. The minimum absolute atomic E-state index is 0.315. The molecule has 1 heteroatoms. The van der Waals surface area contributed by atoms with E-state index in [0.717, 1.165) is 25.0 Å². The second-order valence-corrected chi connectivity index (χ2v) is 9.31. The van der Waals surface area contributed by atoms with Gasteiger partial charge in [-0.3, -0.25) is 0 Å². The van der Waals surface area contributed by atoms with Gasteiger partial charge in [-0.15, -0.1) is 0 Å². The number of rotatable bonds is 3. The molecule has 35 heavy (non-hydrogen) atoms. The van der Waals surface area contributed by atoms with E-state index in [9.17, 15) is 0 Å². The van der Waals surface area contributed by atoms with Crippen molar-refractivity contribution in [3.8, 4) is 0 Å². The van der Waals surface area contributed by atoms with Crippen molar-refractivity contribution < 1.29 is 0 Å². The summed E-state index contributed by atoms with van der Waals surface area (Å²) in [5.74, 6) is 0. The molecule has 5 rings (SSSR count). The maximum absolute atomic E-state index is 4.53. The van der Waals surface area contributed by atoms with E-state index in [2.05, 4.69) is 141 Å². The van der Waals surface area contributed by atoms with Crippen LogP contribution in [0.5, 0.6) is 0 Å². The van der Waals surface area contributed by atoms with E-state index in [0.29, 0.717) is 0 Å². The zero-order chi connectivity index (χ0) is 24.3. The van der Waals surface area contributed by atoms with Gasteiger partial charge in [-0.2, -0.15) is 0 Å². The Labute approximate surface area is 210 Å². The number of fused-ring (bicyclic) bond motifs is 6. The van der Waals surface area contributed by atoms with Gasteiger partial charge in [0, 0.05) is 17.9 Å². The lowest BCUT2D eigenvalue weighted by molar-refractivity contribution is 0.616. The van der Waals surface area contributed by atoms with E-state index in [-0.39, 0.29) is 5.41 Å². The van der Waals surface area contributed by atoms with Crippen molar-refractivity contribution in [2.45, 2.75) is 32.1 Å². The molecule has 3 aromatic carbocycles. The topological polar surface area (TPSA) is 3.24 Å². The van der Waals surface area contributed by atoms with Crippen LogP contribution < -0.4 is 4.90 Å². The summed E-state index contributed by atoms with van der Waals surface area (Å²) in [5, 5.41) is 0. The van der Waals surface area contributed by atoms with Crippen molar-refractivity contribution in [2.75, 3.05) is 11.4 Å². The Balaban J connectivity index is 1.85. The Morgan fingerprint density at radius 3 is 2.14 bits per heavy atom. The van der Waals surface area contributed by atoms with E-state index in [1.807, 2.05) is 0 Å². The Bertz CT molecular complexity index is 1320. The van der Waals surface area contributed by atoms with Gasteiger partial charge in [0.05, 0.1) is 5.41 Å². The molecule has 0 saturated carbocycles. The predicted molar refractivity (Wildman–Crippen MR) is 151 cm³/mol. The van der Waals surface area contributed by atoms with E-state index in [1.54, 1.807) is 0 Å². The van der Waals surface area contributed by atoms with Crippen LogP contribution in [-0.4, -0.2) is 6.54 Å². The third kappa shape index (κ3) is 3.91. The summed E-state index contributed by atoms with van der Waals surface area (Å²) in [5.41, 5.74) is 9.76. The van der Waals surface area contributed by atoms with Crippen LogP contribution in [0.3, 0.4) is 0 Å². The number of hydrogen-bond acceptors (Lipinski definition) is 1. The molecule has 1 heterocycles. The Morgan fingerprint density at radius 1 is 0.857 bits per heavy atom. The average Bonchev–Trinajstić information content (AvgIpc) is 2.90. The molecule has 0 aromatic heterocycles. The minimum atomic E-state index is -0.315. The van der Waals surface area contributed by atoms with E-state index in [1.165, 1.54) is 39.2 Å². The molecule has 1 spiro atoms. The van der Waals surface area contributed by atoms with E-state index in [4.69, 9.17) is 0 Å². The molecular weight excluding hydrogens is 422 g/mol. The summed E-state index contributed by atoms with van der Waals surface area (Å²) >= 11 is 0. The third-order valence-corrected chi connectivity index (χ3v) is 7.31. The van der Waals surface area contributed by atoms with Gasteiger partial charge >= 0.3 is 0 Å². The zero-order valence-corrected chi connectivity index (χ0v) is 20.7. The SMILES string of the molecule is C=C1c2ccccc2C2(C/C=C\C=C/CN(/C(C)=C/C=C\CC)c3ccccc32)c2ccccc21. The van der Waals surface area contributed by atoms with Gasteiger partial charge in [-0.1, -0.05) is 117 Å². The van der Waals surface area contributed by atoms with Gasteiger partial charge in [0.25, 0.3) is 0 Å². The van der Waals surface area contributed by atoms with Crippen LogP contribution in [0, 0.1) is 0 Å². The van der Waals surface area contributed by atoms with Crippen molar-refractivity contribution in [1.82, 2.24) is 0 Å². The molecule has 2 aliphatic rings. The second-order valence-electron chi connectivity index (χ2n) is 9.31. The molecular formula is C34H33N. The van der Waals surface area contributed by atoms with Crippen LogP contribution in [0.15, 0.2) is 128 Å². The summed E-state index contributed by atoms with van der Waals surface area (Å²) in [6, 6.07) is 26.7. The number of benzene rings is 3. The maximum atomic E-state index is 4.53. The fourth-order valence-electron chi connectivity index (χ4n) is 5.65. The fraction of sp³-hybridized carbons (Fsp3) is 0.176. The monoisotopic (exact) mass is 455 g/mol. The Morgan fingerprint density at radius 2 is 1.46 bits per heavy atom. The average molecular weight is 456 g/mol. The van der Waals surface area contributed by atoms with Crippen molar-refractivity contribution in [3.63, 3.8) is 0 Å². The largest absolute Gasteiger partial charge is 0.341 e. The first-order valence-corrected chi connectivity index (χ1v) is 12.6. The standard InChI is InChI=1S/C34H33N/c1-4-5-8-17-26(2)35-25-16-7-6-15-24-34(32-22-13-14-23-33(32)35)30-20-11-9-18-28(30)27(3)29-19-10-12-21-31(29)34/h5-23H,3-4,24-25H2,1-2H3/b8-5-,15-6-,16-7-,26-17+. The van der Waals surface area contributed by atoms with Crippen LogP contribution >= 0.6 is 0 Å². The molecule has 0 bridgehead atoms. The van der Waals surface area contributed by atoms with Crippen molar-refractivity contribution >= 4 is 11.3 Å². The molecule has 1 nitrogen and oxygen atoms in total. The van der Waals surface area contributed by atoms with Crippen LogP contribution in [-0.2, 0) is 5.41 Å². The predicted octanol–water partition coefficient (Wildman–Crippen LogP) is 8.59. The second kappa shape index (κ2) is 9.80. The summed E-state index contributed by atoms with van der Waals surface area (Å²) in [7, 11) is 0. The van der Waals surface area contributed by atoms with Gasteiger partial charge in [0.2, 0.25) is 0 Å². The van der Waals surface area contributed by atoms with Gasteiger partial charge in [-0.05, 0) is 65.3 Å². The Kier molecular flexibility index (Phi) is 6.42. The Hall–Kier alpha value is -3.84. The quantitative estimate of drug-likeness (QED) is 0.357. The first-order chi connectivity index (χ1) is 17.2. The van der Waals surface area contributed by atoms with Crippen molar-refractivity contribution in [2.24, 2.45) is 0 Å². The van der Waals surface area contributed by atoms with E-state index >= 15 is 0 Å². The molecule has 1 aliphatic heterocycles. The van der Waals surface area contributed by atoms with Gasteiger partial charge in [0.15, 0.2) is 0 Å². The zero-order valence-electron chi connectivity index (χ0n) is 20.7. The number of nitrogens with zero attached hydrogens (tertiary/aromatic N) is 1. The highest BCUT2D eigenvalue weighted by Crippen LogP contribution is 2.54. The van der Waals surface area contributed by atoms with Crippen LogP contribution in [0.25, 0.3) is 5.57 Å². The highest BCUT2D eigenvalue weighted by atomic mass is 15.1. The van der Waals surface area contributed by atoms with E-state index < -0.39 is 0 Å². The van der Waals surface area contributed by atoms with Gasteiger partial charge in [-0.25, -0.2) is 0 Å². The molecule has 0 unspecified atom stereocenters. The highest BCUT2D eigenvalue weighted by Gasteiger charge is 2.44. The lowest BCUT2D eigenvalue weighted by atomic mass is 9.60. The number of hydrogen-bond donors (Lipinski definition) is 0. The van der Waals surface area contributed by atoms with Crippen LogP contribution in [0.1, 0.15) is 54.5 Å². The summed E-state index contributed by atoms with van der Waals surface area (Å²) in [4.78, 5) is 2.45. The van der Waals surface area contributed by atoms with Crippen molar-refractivity contribution in [1.29, 1.82) is 0 Å². The van der Waals surface area contributed by atoms with Crippen LogP contribution in [0.2, 0.25) is 0 Å². The molecule has 3 aromatic rings. The number of anilines is 1. The first-order valence-electron chi connectivity index (χ1n) is 12.6. The fourth-order valence-corrected chi connectivity index (χ4v) is 5.65. The normalized spacial score (nSPS) is 18.6. The summed E-state index contributed by atoms with van der Waals surface area (Å²) in [6.45, 7) is 9.73. The lowest BCUT2D eigenvalue weighted by Gasteiger charge is -2.44. The third-order valence-electron chi connectivity index (χ3n) is 7.31. The summed E-state index contributed by atoms with van der Waals surface area (Å²) in [6.07, 6.45) is 17.5. The molecule has 0 N–H and O–H groups in total. The molecule has 0 radical (unpaired) electrons. The smallest absolute Gasteiger partial charge is 0.0518 e. The molecule has 0 fully saturated rings. The van der Waals surface area contributed by atoms with Crippen LogP contribution in [0.4, 0.5) is 5.69 Å². The molecule has 174 valence electrons. The molecule has 0 saturated heterocycles. The molecule has 0 amide bonds. The van der Waals surface area contributed by atoms with Gasteiger partial charge < -0.3 is 4.90 Å². The molecule has 0 atom stereocenters. The lowest BCUT2D eigenvalue weighted by Crippen LogP contribution is -2.36. The van der Waals surface area contributed by atoms with Gasteiger partial charge in [0.1, 0.15) is 0 Å². The maximum Gasteiger partial charge on any atom is 0.0518 e. The summed E-state index contributed by atoms with van der Waals surface area (Å²) < 4.78 is 0. The highest BCUT2D eigenvalue weighted by molar-refractivity contribution is 5.88. The minimum Gasteiger partial charge on any atom is -0.341 e.